The summed E-state index contributed by atoms with van der Waals surface area (Å²) in [7, 11) is 0. The van der Waals surface area contributed by atoms with Crippen LogP contribution in [0.15, 0.2) is 0 Å². The Balaban J connectivity index is 1.66. The van der Waals surface area contributed by atoms with Gasteiger partial charge in [-0.15, -0.1) is 0 Å². The number of hydrogen-bond donors (Lipinski definition) is 0. The highest BCUT2D eigenvalue weighted by atomic mass is 16.5. The number of likely N-dealkylation sites (tertiary alicyclic amines) is 1. The van der Waals surface area contributed by atoms with Crippen molar-refractivity contribution in [2.75, 3.05) is 19.7 Å². The summed E-state index contributed by atoms with van der Waals surface area (Å²) in [5, 5.41) is 0. The third kappa shape index (κ3) is 4.26. The average Bonchev–Trinajstić information content (AvgIpc) is 2.38. The maximum Gasteiger partial charge on any atom is 0.0519 e. The lowest BCUT2D eigenvalue weighted by molar-refractivity contribution is 0.0208. The first kappa shape index (κ1) is 13.4. The second kappa shape index (κ2) is 6.75. The van der Waals surface area contributed by atoms with Crippen LogP contribution in [0.1, 0.15) is 58.8 Å². The van der Waals surface area contributed by atoms with Gasteiger partial charge in [-0.05, 0) is 58.5 Å². The van der Waals surface area contributed by atoms with Crippen LogP contribution in [0.25, 0.3) is 0 Å². The van der Waals surface area contributed by atoms with Gasteiger partial charge in [-0.1, -0.05) is 19.3 Å². The van der Waals surface area contributed by atoms with E-state index in [1.165, 1.54) is 58.0 Å². The molecule has 0 aromatic carbocycles. The molecule has 0 aromatic rings. The van der Waals surface area contributed by atoms with E-state index < -0.39 is 0 Å². The van der Waals surface area contributed by atoms with Crippen LogP contribution in [0.5, 0.6) is 0 Å². The van der Waals surface area contributed by atoms with Crippen molar-refractivity contribution in [3.63, 3.8) is 0 Å². The molecule has 1 saturated heterocycles. The molecule has 0 bridgehead atoms. The number of piperidine rings is 1. The fourth-order valence-corrected chi connectivity index (χ4v) is 3.26. The minimum atomic E-state index is 0.395. The van der Waals surface area contributed by atoms with E-state index in [0.717, 1.165) is 18.6 Å². The van der Waals surface area contributed by atoms with E-state index in [1.54, 1.807) is 0 Å². The van der Waals surface area contributed by atoms with E-state index in [4.69, 9.17) is 4.74 Å². The second-order valence-corrected chi connectivity index (χ2v) is 6.15. The van der Waals surface area contributed by atoms with Crippen molar-refractivity contribution in [3.05, 3.63) is 0 Å². The monoisotopic (exact) mass is 239 g/mol. The number of rotatable bonds is 4. The molecular formula is C15H29NO. The lowest BCUT2D eigenvalue weighted by Gasteiger charge is -2.39. The van der Waals surface area contributed by atoms with Crippen LogP contribution in [0.3, 0.4) is 0 Å². The van der Waals surface area contributed by atoms with Crippen molar-refractivity contribution in [2.24, 2.45) is 5.92 Å². The molecule has 17 heavy (non-hydrogen) atoms. The summed E-state index contributed by atoms with van der Waals surface area (Å²) in [5.74, 6) is 0.817. The Bertz CT molecular complexity index is 203. The van der Waals surface area contributed by atoms with Gasteiger partial charge in [0, 0.05) is 12.6 Å². The summed E-state index contributed by atoms with van der Waals surface area (Å²) in [6, 6.07) is 0.913. The van der Waals surface area contributed by atoms with Crippen LogP contribution in [0, 0.1) is 5.92 Å². The molecule has 1 heterocycles. The molecule has 0 atom stereocenters. The molecule has 0 amide bonds. The first-order valence-corrected chi connectivity index (χ1v) is 7.61. The maximum absolute atomic E-state index is 5.74. The minimum absolute atomic E-state index is 0.395. The topological polar surface area (TPSA) is 12.5 Å². The second-order valence-electron chi connectivity index (χ2n) is 6.15. The van der Waals surface area contributed by atoms with Gasteiger partial charge in [-0.25, -0.2) is 0 Å². The first-order chi connectivity index (χ1) is 8.25. The van der Waals surface area contributed by atoms with E-state index in [0.29, 0.717) is 6.10 Å². The molecule has 0 radical (unpaired) electrons. The highest BCUT2D eigenvalue weighted by Crippen LogP contribution is 2.27. The van der Waals surface area contributed by atoms with Gasteiger partial charge in [-0.2, -0.15) is 0 Å². The molecule has 0 aromatic heterocycles. The SMILES string of the molecule is CC(C)OCC1CCN(C2CCCCC2)CC1. The number of hydrogen-bond acceptors (Lipinski definition) is 2. The molecule has 2 fully saturated rings. The summed E-state index contributed by atoms with van der Waals surface area (Å²) >= 11 is 0. The van der Waals surface area contributed by atoms with Gasteiger partial charge in [-0.3, -0.25) is 0 Å². The van der Waals surface area contributed by atoms with Crippen LogP contribution in [0.2, 0.25) is 0 Å². The van der Waals surface area contributed by atoms with E-state index >= 15 is 0 Å². The molecule has 0 N–H and O–H groups in total. The Kier molecular flexibility index (Phi) is 5.30. The van der Waals surface area contributed by atoms with Crippen molar-refractivity contribution in [3.8, 4) is 0 Å². The maximum atomic E-state index is 5.74. The fourth-order valence-electron chi connectivity index (χ4n) is 3.26. The van der Waals surface area contributed by atoms with Crippen molar-refractivity contribution in [1.29, 1.82) is 0 Å². The zero-order valence-corrected chi connectivity index (χ0v) is 11.7. The van der Waals surface area contributed by atoms with Gasteiger partial charge in [0.25, 0.3) is 0 Å². The van der Waals surface area contributed by atoms with Crippen molar-refractivity contribution in [1.82, 2.24) is 4.90 Å². The normalized spacial score (nSPS) is 25.6. The Morgan fingerprint density at radius 2 is 1.65 bits per heavy atom. The van der Waals surface area contributed by atoms with Gasteiger partial charge in [0.1, 0.15) is 0 Å². The highest BCUT2D eigenvalue weighted by Gasteiger charge is 2.26. The molecule has 0 unspecified atom stereocenters. The average molecular weight is 239 g/mol. The largest absolute Gasteiger partial charge is 0.379 e. The van der Waals surface area contributed by atoms with Gasteiger partial charge in [0.15, 0.2) is 0 Å². The Morgan fingerprint density at radius 1 is 1.00 bits per heavy atom. The third-order valence-corrected chi connectivity index (χ3v) is 4.41. The van der Waals surface area contributed by atoms with Crippen LogP contribution < -0.4 is 0 Å². The molecule has 2 heteroatoms. The Hall–Kier alpha value is -0.0800. The number of nitrogens with zero attached hydrogens (tertiary/aromatic N) is 1. The molecule has 100 valence electrons. The van der Waals surface area contributed by atoms with Gasteiger partial charge >= 0.3 is 0 Å². The van der Waals surface area contributed by atoms with Gasteiger partial charge in [0.05, 0.1) is 6.10 Å². The van der Waals surface area contributed by atoms with Gasteiger partial charge < -0.3 is 9.64 Å². The van der Waals surface area contributed by atoms with Gasteiger partial charge in [0.2, 0.25) is 0 Å². The van der Waals surface area contributed by atoms with Crippen LogP contribution in [0.4, 0.5) is 0 Å². The molecule has 1 saturated carbocycles. The lowest BCUT2D eigenvalue weighted by atomic mass is 9.90. The standard InChI is InChI=1S/C15H29NO/c1-13(2)17-12-14-8-10-16(11-9-14)15-6-4-3-5-7-15/h13-15H,3-12H2,1-2H3. The van der Waals surface area contributed by atoms with E-state index in [-0.39, 0.29) is 0 Å². The van der Waals surface area contributed by atoms with Crippen LogP contribution in [-0.2, 0) is 4.74 Å². The summed E-state index contributed by atoms with van der Waals surface area (Å²) in [4.78, 5) is 2.75. The Labute approximate surface area is 107 Å². The minimum Gasteiger partial charge on any atom is -0.379 e. The molecular weight excluding hydrogens is 210 g/mol. The molecule has 1 aliphatic carbocycles. The van der Waals surface area contributed by atoms with E-state index in [2.05, 4.69) is 18.7 Å². The predicted octanol–water partition coefficient (Wildman–Crippen LogP) is 3.46. The third-order valence-electron chi connectivity index (χ3n) is 4.41. The van der Waals surface area contributed by atoms with Crippen LogP contribution in [-0.4, -0.2) is 36.7 Å². The molecule has 2 rings (SSSR count). The lowest BCUT2D eigenvalue weighted by Crippen LogP contribution is -2.43. The molecule has 2 aliphatic rings. The van der Waals surface area contributed by atoms with E-state index in [9.17, 15) is 0 Å². The predicted molar refractivity (Wildman–Crippen MR) is 72.3 cm³/mol. The molecule has 1 aliphatic heterocycles. The smallest absolute Gasteiger partial charge is 0.0519 e. The molecule has 2 nitrogen and oxygen atoms in total. The van der Waals surface area contributed by atoms with Crippen LogP contribution >= 0.6 is 0 Å². The Morgan fingerprint density at radius 3 is 2.24 bits per heavy atom. The van der Waals surface area contributed by atoms with Crippen molar-refractivity contribution in [2.45, 2.75) is 70.9 Å². The zero-order chi connectivity index (χ0) is 12.1. The fraction of sp³-hybridized carbons (Fsp3) is 1.00. The first-order valence-electron chi connectivity index (χ1n) is 7.61. The zero-order valence-electron chi connectivity index (χ0n) is 11.7. The van der Waals surface area contributed by atoms with Crippen molar-refractivity contribution >= 4 is 0 Å². The number of ether oxygens (including phenoxy) is 1. The summed E-state index contributed by atoms with van der Waals surface area (Å²) in [5.41, 5.74) is 0. The highest BCUT2D eigenvalue weighted by molar-refractivity contribution is 4.80. The quantitative estimate of drug-likeness (QED) is 0.745. The van der Waals surface area contributed by atoms with Crippen molar-refractivity contribution < 1.29 is 4.74 Å². The van der Waals surface area contributed by atoms with E-state index in [1.807, 2.05) is 0 Å². The summed E-state index contributed by atoms with van der Waals surface area (Å²) in [6.45, 7) is 7.89. The summed E-state index contributed by atoms with van der Waals surface area (Å²) < 4.78 is 5.74. The molecule has 0 spiro atoms. The summed E-state index contributed by atoms with van der Waals surface area (Å²) in [6.07, 6.45) is 10.4.